The second-order valence-electron chi connectivity index (χ2n) is 3.31. The summed E-state index contributed by atoms with van der Waals surface area (Å²) in [6.07, 6.45) is 1.90. The molecule has 4 nitrogen and oxygen atoms in total. The molecule has 0 radical (unpaired) electrons. The van der Waals surface area contributed by atoms with Gasteiger partial charge < -0.3 is 5.32 Å². The zero-order valence-corrected chi connectivity index (χ0v) is 7.37. The highest BCUT2D eigenvalue weighted by Crippen LogP contribution is 2.32. The van der Waals surface area contributed by atoms with Crippen molar-refractivity contribution in [2.45, 2.75) is 18.9 Å². The van der Waals surface area contributed by atoms with Crippen molar-refractivity contribution in [3.05, 3.63) is 34.1 Å². The summed E-state index contributed by atoms with van der Waals surface area (Å²) >= 11 is 0. The van der Waals surface area contributed by atoms with E-state index in [0.717, 1.165) is 12.8 Å². The second-order valence-corrected chi connectivity index (χ2v) is 3.31. The van der Waals surface area contributed by atoms with Gasteiger partial charge in [0.15, 0.2) is 5.82 Å². The topological polar surface area (TPSA) is 55.2 Å². The number of benzene rings is 1. The summed E-state index contributed by atoms with van der Waals surface area (Å²) in [5.41, 5.74) is -0.183. The van der Waals surface area contributed by atoms with Crippen molar-refractivity contribution in [2.75, 3.05) is 5.32 Å². The van der Waals surface area contributed by atoms with E-state index in [9.17, 15) is 14.5 Å². The van der Waals surface area contributed by atoms with Crippen LogP contribution in [0.2, 0.25) is 0 Å². The normalized spacial score (nSPS) is 15.2. The van der Waals surface area contributed by atoms with Crippen LogP contribution in [0.3, 0.4) is 0 Å². The van der Waals surface area contributed by atoms with Gasteiger partial charge in [0.05, 0.1) is 4.92 Å². The van der Waals surface area contributed by atoms with Crippen molar-refractivity contribution in [2.24, 2.45) is 0 Å². The third-order valence-corrected chi connectivity index (χ3v) is 2.11. The lowest BCUT2D eigenvalue weighted by Gasteiger charge is -2.05. The van der Waals surface area contributed by atoms with E-state index in [2.05, 4.69) is 5.32 Å². The minimum Gasteiger partial charge on any atom is -0.374 e. The number of halogens is 1. The number of hydrogen-bond acceptors (Lipinski definition) is 3. The van der Waals surface area contributed by atoms with E-state index in [4.69, 9.17) is 0 Å². The van der Waals surface area contributed by atoms with Crippen molar-refractivity contribution in [1.29, 1.82) is 0 Å². The predicted octanol–water partition coefficient (Wildman–Crippen LogP) is 2.31. The molecule has 0 aromatic heterocycles. The summed E-state index contributed by atoms with van der Waals surface area (Å²) in [5, 5.41) is 13.4. The number of nitrogens with zero attached hydrogens (tertiary/aromatic N) is 1. The monoisotopic (exact) mass is 196 g/mol. The van der Waals surface area contributed by atoms with Crippen LogP contribution in [0.4, 0.5) is 15.8 Å². The fraction of sp³-hybridized carbons (Fsp3) is 0.333. The Kier molecular flexibility index (Phi) is 2.07. The van der Waals surface area contributed by atoms with E-state index in [0.29, 0.717) is 0 Å². The summed E-state index contributed by atoms with van der Waals surface area (Å²) < 4.78 is 13.2. The van der Waals surface area contributed by atoms with Crippen LogP contribution in [0.15, 0.2) is 18.2 Å². The second kappa shape index (κ2) is 3.25. The van der Waals surface area contributed by atoms with Crippen LogP contribution >= 0.6 is 0 Å². The first-order valence-electron chi connectivity index (χ1n) is 4.38. The van der Waals surface area contributed by atoms with Crippen LogP contribution in [0, 0.1) is 15.9 Å². The molecule has 2 rings (SSSR count). The SMILES string of the molecule is O=[N+]([O-])c1cccc(F)c1NC1CC1. The first-order chi connectivity index (χ1) is 6.68. The van der Waals surface area contributed by atoms with Gasteiger partial charge in [-0.3, -0.25) is 10.1 Å². The molecule has 74 valence electrons. The highest BCUT2D eigenvalue weighted by atomic mass is 19.1. The molecule has 0 heterocycles. The van der Waals surface area contributed by atoms with E-state index in [1.807, 2.05) is 0 Å². The standard InChI is InChI=1S/C9H9FN2O2/c10-7-2-1-3-8(12(13)14)9(7)11-6-4-5-6/h1-3,6,11H,4-5H2. The third-order valence-electron chi connectivity index (χ3n) is 2.11. The van der Waals surface area contributed by atoms with Crippen molar-refractivity contribution in [3.63, 3.8) is 0 Å². The van der Waals surface area contributed by atoms with E-state index < -0.39 is 10.7 Å². The number of nitrogens with one attached hydrogen (secondary N) is 1. The molecule has 1 fully saturated rings. The number of hydrogen-bond donors (Lipinski definition) is 1. The molecule has 14 heavy (non-hydrogen) atoms. The summed E-state index contributed by atoms with van der Waals surface area (Å²) in [4.78, 5) is 10.00. The number of nitro benzene ring substituents is 1. The van der Waals surface area contributed by atoms with Crippen LogP contribution in [0.5, 0.6) is 0 Å². The predicted molar refractivity (Wildman–Crippen MR) is 49.7 cm³/mol. The average Bonchev–Trinajstić information content (AvgIpc) is 2.91. The minimum atomic E-state index is -0.576. The van der Waals surface area contributed by atoms with E-state index >= 15 is 0 Å². The Balaban J connectivity index is 2.36. The van der Waals surface area contributed by atoms with Gasteiger partial charge in [-0.15, -0.1) is 0 Å². The summed E-state index contributed by atoms with van der Waals surface area (Å²) in [6, 6.07) is 4.06. The number of anilines is 1. The summed E-state index contributed by atoms with van der Waals surface area (Å²) in [7, 11) is 0. The number of nitro groups is 1. The fourth-order valence-corrected chi connectivity index (χ4v) is 1.24. The lowest BCUT2D eigenvalue weighted by molar-refractivity contribution is -0.384. The van der Waals surface area contributed by atoms with Crippen LogP contribution in [-0.4, -0.2) is 11.0 Å². The maximum absolute atomic E-state index is 13.2. The highest BCUT2D eigenvalue weighted by molar-refractivity contribution is 5.63. The minimum absolute atomic E-state index is 0.0139. The molecule has 1 aromatic rings. The van der Waals surface area contributed by atoms with Gasteiger partial charge in [0, 0.05) is 12.1 Å². The Labute approximate surface area is 79.9 Å². The van der Waals surface area contributed by atoms with Crippen LogP contribution in [0.25, 0.3) is 0 Å². The van der Waals surface area contributed by atoms with Gasteiger partial charge in [-0.1, -0.05) is 6.07 Å². The largest absolute Gasteiger partial charge is 0.374 e. The average molecular weight is 196 g/mol. The van der Waals surface area contributed by atoms with Crippen molar-refractivity contribution in [1.82, 2.24) is 0 Å². The molecule has 0 saturated heterocycles. The molecule has 1 N–H and O–H groups in total. The molecule has 0 atom stereocenters. The van der Waals surface area contributed by atoms with Gasteiger partial charge in [0.2, 0.25) is 0 Å². The summed E-state index contributed by atoms with van der Waals surface area (Å²) in [5.74, 6) is -0.564. The fourth-order valence-electron chi connectivity index (χ4n) is 1.24. The molecule has 0 aliphatic heterocycles. The molecular formula is C9H9FN2O2. The van der Waals surface area contributed by atoms with Gasteiger partial charge in [0.1, 0.15) is 5.69 Å². The maximum Gasteiger partial charge on any atom is 0.295 e. The lowest BCUT2D eigenvalue weighted by Crippen LogP contribution is -2.06. The van der Waals surface area contributed by atoms with E-state index in [1.54, 1.807) is 0 Å². The zero-order chi connectivity index (χ0) is 10.1. The Bertz CT molecular complexity index is 377. The highest BCUT2D eigenvalue weighted by Gasteiger charge is 2.26. The maximum atomic E-state index is 13.2. The van der Waals surface area contributed by atoms with Gasteiger partial charge in [-0.2, -0.15) is 0 Å². The van der Waals surface area contributed by atoms with Crippen LogP contribution < -0.4 is 5.32 Å². The molecule has 1 saturated carbocycles. The molecule has 0 bridgehead atoms. The number of para-hydroxylation sites is 1. The molecule has 1 aliphatic carbocycles. The Morgan fingerprint density at radius 3 is 2.79 bits per heavy atom. The van der Waals surface area contributed by atoms with Crippen LogP contribution in [0.1, 0.15) is 12.8 Å². The van der Waals surface area contributed by atoms with Crippen LogP contribution in [-0.2, 0) is 0 Å². The van der Waals surface area contributed by atoms with E-state index in [1.165, 1.54) is 18.2 Å². The summed E-state index contributed by atoms with van der Waals surface area (Å²) in [6.45, 7) is 0. The van der Waals surface area contributed by atoms with Crippen molar-refractivity contribution in [3.8, 4) is 0 Å². The molecule has 5 heteroatoms. The van der Waals surface area contributed by atoms with Gasteiger partial charge >= 0.3 is 0 Å². The number of rotatable bonds is 3. The Morgan fingerprint density at radius 2 is 2.21 bits per heavy atom. The zero-order valence-electron chi connectivity index (χ0n) is 7.37. The van der Waals surface area contributed by atoms with Crippen molar-refractivity contribution < 1.29 is 9.31 Å². The third kappa shape index (κ3) is 1.66. The van der Waals surface area contributed by atoms with Gasteiger partial charge in [0.25, 0.3) is 5.69 Å². The van der Waals surface area contributed by atoms with Gasteiger partial charge in [-0.05, 0) is 18.9 Å². The van der Waals surface area contributed by atoms with E-state index in [-0.39, 0.29) is 17.4 Å². The lowest BCUT2D eigenvalue weighted by atomic mass is 10.2. The quantitative estimate of drug-likeness (QED) is 0.596. The Hall–Kier alpha value is -1.65. The van der Waals surface area contributed by atoms with Crippen molar-refractivity contribution >= 4 is 11.4 Å². The first kappa shape index (κ1) is 8.93. The molecule has 0 amide bonds. The molecule has 1 aromatic carbocycles. The van der Waals surface area contributed by atoms with Gasteiger partial charge in [-0.25, -0.2) is 4.39 Å². The molecular weight excluding hydrogens is 187 g/mol. The first-order valence-corrected chi connectivity index (χ1v) is 4.38. The molecule has 0 spiro atoms. The smallest absolute Gasteiger partial charge is 0.295 e. The molecule has 0 unspecified atom stereocenters. The molecule has 1 aliphatic rings. The Morgan fingerprint density at radius 1 is 1.50 bits per heavy atom.